The van der Waals surface area contributed by atoms with Gasteiger partial charge in [-0.2, -0.15) is 4.72 Å². The molecule has 4 atom stereocenters. The van der Waals surface area contributed by atoms with Crippen molar-refractivity contribution in [1.82, 2.24) is 4.72 Å². The Balaban J connectivity index is 1.45. The minimum absolute atomic E-state index is 0.0377. The van der Waals surface area contributed by atoms with E-state index in [2.05, 4.69) is 23.8 Å². The molecule has 8 nitrogen and oxygen atoms in total. The number of nitrogens with one attached hydrogen (secondary N) is 1. The number of methoxy groups -OCH3 is 2. The average molecular weight is 580 g/mol. The molecule has 1 saturated carbocycles. The summed E-state index contributed by atoms with van der Waals surface area (Å²) in [6.07, 6.45) is 2.79. The molecule has 3 aromatic carbocycles. The van der Waals surface area contributed by atoms with Gasteiger partial charge in [0.2, 0.25) is 10.0 Å². The Bertz CT molecular complexity index is 1500. The molecule has 41 heavy (non-hydrogen) atoms. The smallest absolute Gasteiger partial charge is 0.322 e. The minimum atomic E-state index is -4.15. The lowest BCUT2D eigenvalue weighted by atomic mass is 9.94. The number of hydrogen-bond donors (Lipinski definition) is 2. The number of hydrogen-bond acceptors (Lipinski definition) is 6. The zero-order valence-corrected chi connectivity index (χ0v) is 24.6. The van der Waals surface area contributed by atoms with Gasteiger partial charge in [-0.15, -0.1) is 0 Å². The molecule has 3 unspecified atom stereocenters. The monoisotopic (exact) mass is 579 g/mol. The van der Waals surface area contributed by atoms with Crippen LogP contribution in [0.5, 0.6) is 11.5 Å². The Morgan fingerprint density at radius 2 is 1.68 bits per heavy atom. The molecule has 0 heterocycles. The molecule has 0 amide bonds. The van der Waals surface area contributed by atoms with Crippen LogP contribution in [0.4, 0.5) is 0 Å². The molecule has 1 aliphatic rings. The van der Waals surface area contributed by atoms with E-state index in [0.717, 1.165) is 36.0 Å². The number of carbonyl (C=O) groups is 2. The summed E-state index contributed by atoms with van der Waals surface area (Å²) in [6.45, 7) is 4.12. The van der Waals surface area contributed by atoms with E-state index in [1.54, 1.807) is 12.1 Å². The lowest BCUT2D eigenvalue weighted by Crippen LogP contribution is -2.42. The first kappa shape index (κ1) is 30.3. The number of carbonyl (C=O) groups excluding carboxylic acids is 1. The van der Waals surface area contributed by atoms with Crippen molar-refractivity contribution in [3.63, 3.8) is 0 Å². The highest BCUT2D eigenvalue weighted by Crippen LogP contribution is 2.50. The quantitative estimate of drug-likeness (QED) is 0.261. The van der Waals surface area contributed by atoms with Gasteiger partial charge in [-0.25, -0.2) is 8.42 Å². The number of Topliss-reactive ketones (excluding diaryl/α,β-unsaturated/α-hetero) is 1. The number of carboxylic acids is 1. The molecule has 9 heteroatoms. The van der Waals surface area contributed by atoms with Crippen LogP contribution in [0.2, 0.25) is 0 Å². The number of benzene rings is 3. The number of ketones is 1. The van der Waals surface area contributed by atoms with Gasteiger partial charge in [0.15, 0.2) is 11.5 Å². The van der Waals surface area contributed by atoms with Gasteiger partial charge in [-0.3, -0.25) is 9.59 Å². The van der Waals surface area contributed by atoms with Gasteiger partial charge >= 0.3 is 5.97 Å². The second-order valence-electron chi connectivity index (χ2n) is 10.6. The zero-order valence-electron chi connectivity index (χ0n) is 23.8. The van der Waals surface area contributed by atoms with Gasteiger partial charge in [0.1, 0.15) is 11.8 Å². The molecule has 0 spiro atoms. The highest BCUT2D eigenvalue weighted by atomic mass is 32.2. The van der Waals surface area contributed by atoms with Crippen molar-refractivity contribution in [1.29, 1.82) is 0 Å². The Hall–Kier alpha value is -3.69. The summed E-state index contributed by atoms with van der Waals surface area (Å²) in [5.41, 5.74) is 3.79. The number of aliphatic carboxylic acids is 1. The lowest BCUT2D eigenvalue weighted by molar-refractivity contribution is -0.139. The second-order valence-corrected chi connectivity index (χ2v) is 12.3. The SMILES string of the molecule is CCCC(C)C(=O)C1CC1c1cccc(-c2ccc(C[C@H](NS(=O)(=O)c3ccc(OC)c(OC)c3)C(=O)O)cc2)c1. The third-order valence-corrected chi connectivity index (χ3v) is 9.14. The van der Waals surface area contributed by atoms with Gasteiger partial charge in [-0.1, -0.05) is 68.8 Å². The molecule has 0 radical (unpaired) electrons. The molecule has 0 bridgehead atoms. The largest absolute Gasteiger partial charge is 0.493 e. The van der Waals surface area contributed by atoms with Crippen LogP contribution in [0.1, 0.15) is 50.2 Å². The molecular formula is C32H37NO7S. The summed E-state index contributed by atoms with van der Waals surface area (Å²) < 4.78 is 38.6. The van der Waals surface area contributed by atoms with Crippen LogP contribution < -0.4 is 14.2 Å². The molecule has 0 aliphatic heterocycles. The first-order valence-electron chi connectivity index (χ1n) is 13.8. The maximum Gasteiger partial charge on any atom is 0.322 e. The fraction of sp³-hybridized carbons (Fsp3) is 0.375. The third kappa shape index (κ3) is 7.15. The predicted octanol–water partition coefficient (Wildman–Crippen LogP) is 5.45. The molecule has 218 valence electrons. The Kier molecular flexibility index (Phi) is 9.50. The number of rotatable bonds is 14. The lowest BCUT2D eigenvalue weighted by Gasteiger charge is -2.16. The van der Waals surface area contributed by atoms with Crippen molar-refractivity contribution in [3.05, 3.63) is 77.9 Å². The second kappa shape index (κ2) is 12.9. The first-order valence-corrected chi connectivity index (χ1v) is 15.3. The highest BCUT2D eigenvalue weighted by Gasteiger charge is 2.44. The molecule has 0 saturated heterocycles. The summed E-state index contributed by atoms with van der Waals surface area (Å²) in [7, 11) is -1.32. The number of carboxylic acid groups (broad SMARTS) is 1. The van der Waals surface area contributed by atoms with Crippen molar-refractivity contribution in [2.45, 2.75) is 56.4 Å². The van der Waals surface area contributed by atoms with E-state index in [-0.39, 0.29) is 34.8 Å². The predicted molar refractivity (Wildman–Crippen MR) is 157 cm³/mol. The molecule has 4 rings (SSSR count). The van der Waals surface area contributed by atoms with Crippen LogP contribution in [-0.4, -0.2) is 45.5 Å². The third-order valence-electron chi connectivity index (χ3n) is 7.67. The number of ether oxygens (including phenoxy) is 2. The van der Waals surface area contributed by atoms with Gasteiger partial charge in [0.05, 0.1) is 19.1 Å². The molecular weight excluding hydrogens is 542 g/mol. The van der Waals surface area contributed by atoms with Crippen molar-refractivity contribution < 1.29 is 32.6 Å². The topological polar surface area (TPSA) is 119 Å². The van der Waals surface area contributed by atoms with E-state index in [4.69, 9.17) is 9.47 Å². The summed E-state index contributed by atoms with van der Waals surface area (Å²) in [5.74, 6) is 0.120. The van der Waals surface area contributed by atoms with E-state index in [1.807, 2.05) is 31.2 Å². The normalized spacial score (nSPS) is 17.9. The van der Waals surface area contributed by atoms with Crippen molar-refractivity contribution in [2.75, 3.05) is 14.2 Å². The van der Waals surface area contributed by atoms with E-state index < -0.39 is 22.0 Å². The maximum absolute atomic E-state index is 13.0. The van der Waals surface area contributed by atoms with Crippen molar-refractivity contribution in [2.24, 2.45) is 11.8 Å². The number of sulfonamides is 1. The summed E-state index contributed by atoms with van der Waals surface area (Å²) in [4.78, 5) is 24.6. The fourth-order valence-electron chi connectivity index (χ4n) is 5.25. The minimum Gasteiger partial charge on any atom is -0.493 e. The molecule has 1 fully saturated rings. The van der Waals surface area contributed by atoms with Gasteiger partial charge in [0.25, 0.3) is 0 Å². The van der Waals surface area contributed by atoms with E-state index in [0.29, 0.717) is 17.1 Å². The van der Waals surface area contributed by atoms with Gasteiger partial charge in [0, 0.05) is 17.9 Å². The van der Waals surface area contributed by atoms with E-state index >= 15 is 0 Å². The fourth-order valence-corrected chi connectivity index (χ4v) is 6.46. The highest BCUT2D eigenvalue weighted by molar-refractivity contribution is 7.89. The Morgan fingerprint density at radius 1 is 0.976 bits per heavy atom. The maximum atomic E-state index is 13.0. The van der Waals surface area contributed by atoms with E-state index in [1.165, 1.54) is 32.4 Å². The van der Waals surface area contributed by atoms with E-state index in [9.17, 15) is 23.1 Å². The van der Waals surface area contributed by atoms with Gasteiger partial charge < -0.3 is 14.6 Å². The summed E-state index contributed by atoms with van der Waals surface area (Å²) in [6, 6.07) is 18.3. The average Bonchev–Trinajstić information content (AvgIpc) is 3.77. The summed E-state index contributed by atoms with van der Waals surface area (Å²) in [5, 5.41) is 9.78. The molecule has 1 aliphatic carbocycles. The van der Waals surface area contributed by atoms with Crippen LogP contribution in [0.15, 0.2) is 71.6 Å². The Morgan fingerprint density at radius 3 is 2.32 bits per heavy atom. The first-order chi connectivity index (χ1) is 19.6. The van der Waals surface area contributed by atoms with Crippen LogP contribution in [0.25, 0.3) is 11.1 Å². The standard InChI is InChI=1S/C32H37NO7S/c1-5-7-20(2)31(34)27-19-26(27)24-9-6-8-23(17-24)22-12-10-21(11-13-22)16-28(32(35)36)33-41(37,38)25-14-15-29(39-3)30(18-25)40-4/h6,8-15,17-18,20,26-28,33H,5,7,16,19H2,1-4H3,(H,35,36)/t20?,26?,27?,28-/m0/s1. The van der Waals surface area contributed by atoms with Crippen LogP contribution in [0, 0.1) is 11.8 Å². The van der Waals surface area contributed by atoms with Crippen molar-refractivity contribution >= 4 is 21.8 Å². The van der Waals surface area contributed by atoms with Crippen LogP contribution in [-0.2, 0) is 26.0 Å². The molecule has 3 aromatic rings. The summed E-state index contributed by atoms with van der Waals surface area (Å²) >= 11 is 0. The molecule has 2 N–H and O–H groups in total. The van der Waals surface area contributed by atoms with Gasteiger partial charge in [-0.05, 0) is 59.6 Å². The van der Waals surface area contributed by atoms with Crippen LogP contribution in [0.3, 0.4) is 0 Å². The van der Waals surface area contributed by atoms with Crippen LogP contribution >= 0.6 is 0 Å². The zero-order chi connectivity index (χ0) is 29.7. The Labute approximate surface area is 241 Å². The molecule has 0 aromatic heterocycles. The van der Waals surface area contributed by atoms with Crippen molar-refractivity contribution in [3.8, 4) is 22.6 Å².